The lowest BCUT2D eigenvalue weighted by atomic mass is 10.2. The number of nitrogens with one attached hydrogen (secondary N) is 2. The minimum atomic E-state index is -0.342. The minimum absolute atomic E-state index is 0.0432. The third-order valence-electron chi connectivity index (χ3n) is 2.96. The summed E-state index contributed by atoms with van der Waals surface area (Å²) in [5, 5.41) is 5.97. The molecule has 5 nitrogen and oxygen atoms in total. The number of morpholine rings is 1. The second kappa shape index (κ2) is 4.92. The summed E-state index contributed by atoms with van der Waals surface area (Å²) in [7, 11) is 0. The van der Waals surface area contributed by atoms with Crippen LogP contribution in [0.4, 0.5) is 0 Å². The number of hydrogen-bond donors (Lipinski definition) is 3. The standard InChI is InChI=1S/C10H19N3O2/c11-8(7-1-2-7)5-13-10(14)9-6-12-3-4-15-9/h7-9,12H,1-6,11H2,(H,13,14)/t8?,9-/m1/s1. The molecule has 0 aromatic heterocycles. The number of carbonyl (C=O) groups is 1. The molecule has 2 aliphatic rings. The molecule has 1 saturated carbocycles. The molecule has 1 aliphatic carbocycles. The molecular formula is C10H19N3O2. The maximum absolute atomic E-state index is 11.6. The Morgan fingerprint density at radius 2 is 2.40 bits per heavy atom. The van der Waals surface area contributed by atoms with E-state index in [-0.39, 0.29) is 18.1 Å². The van der Waals surface area contributed by atoms with Crippen LogP contribution in [0.5, 0.6) is 0 Å². The quantitative estimate of drug-likeness (QED) is 0.550. The highest BCUT2D eigenvalue weighted by Gasteiger charge is 2.29. The zero-order valence-corrected chi connectivity index (χ0v) is 8.87. The minimum Gasteiger partial charge on any atom is -0.366 e. The zero-order valence-electron chi connectivity index (χ0n) is 8.87. The first kappa shape index (κ1) is 10.9. The smallest absolute Gasteiger partial charge is 0.250 e. The van der Waals surface area contributed by atoms with Crippen LogP contribution >= 0.6 is 0 Å². The second-order valence-electron chi connectivity index (χ2n) is 4.31. The topological polar surface area (TPSA) is 76.4 Å². The van der Waals surface area contributed by atoms with E-state index in [4.69, 9.17) is 10.5 Å². The molecule has 1 saturated heterocycles. The highest BCUT2D eigenvalue weighted by Crippen LogP contribution is 2.31. The van der Waals surface area contributed by atoms with Crippen molar-refractivity contribution in [3.05, 3.63) is 0 Å². The van der Waals surface area contributed by atoms with Gasteiger partial charge < -0.3 is 21.1 Å². The summed E-state index contributed by atoms with van der Waals surface area (Å²) in [6.45, 7) is 2.60. The summed E-state index contributed by atoms with van der Waals surface area (Å²) in [4.78, 5) is 11.6. The molecule has 2 atom stereocenters. The lowest BCUT2D eigenvalue weighted by molar-refractivity contribution is -0.134. The van der Waals surface area contributed by atoms with E-state index < -0.39 is 0 Å². The fourth-order valence-corrected chi connectivity index (χ4v) is 1.76. The number of nitrogens with two attached hydrogens (primary N) is 1. The molecule has 0 aromatic carbocycles. The van der Waals surface area contributed by atoms with Gasteiger partial charge in [0.1, 0.15) is 6.10 Å². The van der Waals surface area contributed by atoms with Gasteiger partial charge in [-0.1, -0.05) is 0 Å². The summed E-state index contributed by atoms with van der Waals surface area (Å²) in [5.41, 5.74) is 5.89. The molecule has 86 valence electrons. The molecule has 1 amide bonds. The summed E-state index contributed by atoms with van der Waals surface area (Å²) in [5.74, 6) is 0.578. The van der Waals surface area contributed by atoms with Crippen molar-refractivity contribution < 1.29 is 9.53 Å². The Morgan fingerprint density at radius 1 is 1.60 bits per heavy atom. The summed E-state index contributed by atoms with van der Waals surface area (Å²) >= 11 is 0. The van der Waals surface area contributed by atoms with Crippen molar-refractivity contribution in [3.63, 3.8) is 0 Å². The predicted octanol–water partition coefficient (Wildman–Crippen LogP) is -1.17. The average Bonchev–Trinajstić information content (AvgIpc) is 3.10. The van der Waals surface area contributed by atoms with E-state index in [0.29, 0.717) is 25.6 Å². The number of rotatable bonds is 4. The van der Waals surface area contributed by atoms with E-state index in [1.165, 1.54) is 12.8 Å². The van der Waals surface area contributed by atoms with Crippen molar-refractivity contribution in [3.8, 4) is 0 Å². The Morgan fingerprint density at radius 3 is 3.00 bits per heavy atom. The fraction of sp³-hybridized carbons (Fsp3) is 0.900. The summed E-state index contributed by atoms with van der Waals surface area (Å²) < 4.78 is 5.33. The molecule has 0 aromatic rings. The van der Waals surface area contributed by atoms with E-state index in [1.807, 2.05) is 0 Å². The number of carbonyl (C=O) groups excluding carboxylic acids is 1. The van der Waals surface area contributed by atoms with Gasteiger partial charge in [-0.25, -0.2) is 0 Å². The van der Waals surface area contributed by atoms with Gasteiger partial charge in [0.25, 0.3) is 5.91 Å². The Balaban J connectivity index is 1.66. The molecule has 2 fully saturated rings. The van der Waals surface area contributed by atoms with Crippen LogP contribution in [0.15, 0.2) is 0 Å². The SMILES string of the molecule is NC(CNC(=O)[C@H]1CNCCO1)C1CC1. The van der Waals surface area contributed by atoms with Crippen LogP contribution < -0.4 is 16.4 Å². The van der Waals surface area contributed by atoms with Crippen molar-refractivity contribution in [2.45, 2.75) is 25.0 Å². The van der Waals surface area contributed by atoms with E-state index >= 15 is 0 Å². The highest BCUT2D eigenvalue weighted by molar-refractivity contribution is 5.81. The summed E-state index contributed by atoms with van der Waals surface area (Å²) in [6.07, 6.45) is 2.07. The van der Waals surface area contributed by atoms with Gasteiger partial charge in [-0.3, -0.25) is 4.79 Å². The molecule has 1 heterocycles. The maximum Gasteiger partial charge on any atom is 0.250 e. The van der Waals surface area contributed by atoms with E-state index in [9.17, 15) is 4.79 Å². The summed E-state index contributed by atoms with van der Waals surface area (Å²) in [6, 6.07) is 0.116. The van der Waals surface area contributed by atoms with E-state index in [0.717, 1.165) is 6.54 Å². The lowest BCUT2D eigenvalue weighted by Gasteiger charge is -2.23. The van der Waals surface area contributed by atoms with Crippen molar-refractivity contribution in [2.75, 3.05) is 26.2 Å². The first-order valence-electron chi connectivity index (χ1n) is 5.63. The normalized spacial score (nSPS) is 28.5. The molecule has 0 bridgehead atoms. The molecule has 0 radical (unpaired) electrons. The molecule has 1 unspecified atom stereocenters. The molecule has 5 heteroatoms. The van der Waals surface area contributed by atoms with Gasteiger partial charge >= 0.3 is 0 Å². The number of amides is 1. The first-order chi connectivity index (χ1) is 7.27. The van der Waals surface area contributed by atoms with Crippen molar-refractivity contribution in [1.29, 1.82) is 0 Å². The van der Waals surface area contributed by atoms with Gasteiger partial charge in [-0.2, -0.15) is 0 Å². The average molecular weight is 213 g/mol. The molecule has 2 rings (SSSR count). The number of hydrogen-bond acceptors (Lipinski definition) is 4. The molecule has 4 N–H and O–H groups in total. The molecule has 1 aliphatic heterocycles. The molecule has 15 heavy (non-hydrogen) atoms. The van der Waals surface area contributed by atoms with Gasteiger partial charge in [0.05, 0.1) is 6.61 Å². The van der Waals surface area contributed by atoms with Gasteiger partial charge in [-0.15, -0.1) is 0 Å². The van der Waals surface area contributed by atoms with Crippen molar-refractivity contribution >= 4 is 5.91 Å². The van der Waals surface area contributed by atoms with Crippen LogP contribution in [0, 0.1) is 5.92 Å². The first-order valence-corrected chi connectivity index (χ1v) is 5.63. The van der Waals surface area contributed by atoms with Gasteiger partial charge in [0.2, 0.25) is 0 Å². The van der Waals surface area contributed by atoms with Crippen LogP contribution in [-0.2, 0) is 9.53 Å². The third-order valence-corrected chi connectivity index (χ3v) is 2.96. The van der Waals surface area contributed by atoms with Crippen LogP contribution in [-0.4, -0.2) is 44.3 Å². The van der Waals surface area contributed by atoms with Crippen LogP contribution in [0.3, 0.4) is 0 Å². The van der Waals surface area contributed by atoms with Gasteiger partial charge in [-0.05, 0) is 18.8 Å². The van der Waals surface area contributed by atoms with E-state index in [1.54, 1.807) is 0 Å². The van der Waals surface area contributed by atoms with Crippen LogP contribution in [0.25, 0.3) is 0 Å². The monoisotopic (exact) mass is 213 g/mol. The van der Waals surface area contributed by atoms with Gasteiger partial charge in [0, 0.05) is 25.7 Å². The van der Waals surface area contributed by atoms with E-state index in [2.05, 4.69) is 10.6 Å². The lowest BCUT2D eigenvalue weighted by Crippen LogP contribution is -2.50. The largest absolute Gasteiger partial charge is 0.366 e. The number of ether oxygens (including phenoxy) is 1. The Kier molecular flexibility index (Phi) is 3.56. The predicted molar refractivity (Wildman–Crippen MR) is 56.3 cm³/mol. The van der Waals surface area contributed by atoms with Crippen LogP contribution in [0.2, 0.25) is 0 Å². The second-order valence-corrected chi connectivity index (χ2v) is 4.31. The maximum atomic E-state index is 11.6. The Bertz CT molecular complexity index is 225. The Hall–Kier alpha value is -0.650. The van der Waals surface area contributed by atoms with Crippen molar-refractivity contribution in [2.24, 2.45) is 11.7 Å². The van der Waals surface area contributed by atoms with Crippen LogP contribution in [0.1, 0.15) is 12.8 Å². The Labute approximate surface area is 89.7 Å². The zero-order chi connectivity index (χ0) is 10.7. The van der Waals surface area contributed by atoms with Crippen molar-refractivity contribution in [1.82, 2.24) is 10.6 Å². The van der Waals surface area contributed by atoms with Gasteiger partial charge in [0.15, 0.2) is 0 Å². The molecular weight excluding hydrogens is 194 g/mol. The fourth-order valence-electron chi connectivity index (χ4n) is 1.76. The molecule has 0 spiro atoms. The highest BCUT2D eigenvalue weighted by atomic mass is 16.5. The third kappa shape index (κ3) is 3.15.